The Morgan fingerprint density at radius 3 is 2.60 bits per heavy atom. The van der Waals surface area contributed by atoms with Crippen molar-refractivity contribution in [2.45, 2.75) is 32.1 Å². The van der Waals surface area contributed by atoms with Crippen LogP contribution in [-0.4, -0.2) is 41.0 Å². The van der Waals surface area contributed by atoms with Crippen molar-refractivity contribution in [1.82, 2.24) is 4.90 Å². The normalized spacial score (nSPS) is 18.1. The molecule has 2 atom stereocenters. The van der Waals surface area contributed by atoms with Crippen LogP contribution in [0.4, 0.5) is 0 Å². The Morgan fingerprint density at radius 2 is 1.92 bits per heavy atom. The van der Waals surface area contributed by atoms with Crippen LogP contribution in [0.2, 0.25) is 5.02 Å². The SMILES string of the molecule is C[C@H](O)CN(Cc1ccccc1)C[C@H]1CC(c2ccc(Cl)cc2)=NO1. The van der Waals surface area contributed by atoms with Crippen LogP contribution in [0.15, 0.2) is 59.8 Å². The van der Waals surface area contributed by atoms with Crippen molar-refractivity contribution in [2.75, 3.05) is 13.1 Å². The van der Waals surface area contributed by atoms with Gasteiger partial charge in [-0.1, -0.05) is 59.2 Å². The minimum atomic E-state index is -0.387. The molecule has 0 unspecified atom stereocenters. The molecule has 0 saturated heterocycles. The van der Waals surface area contributed by atoms with Crippen molar-refractivity contribution >= 4 is 17.3 Å². The van der Waals surface area contributed by atoms with Gasteiger partial charge in [0.1, 0.15) is 6.10 Å². The topological polar surface area (TPSA) is 45.1 Å². The number of benzene rings is 2. The molecule has 0 aliphatic carbocycles. The van der Waals surface area contributed by atoms with E-state index in [0.717, 1.165) is 30.8 Å². The zero-order valence-corrected chi connectivity index (χ0v) is 15.1. The monoisotopic (exact) mass is 358 g/mol. The third kappa shape index (κ3) is 5.30. The fourth-order valence-corrected chi connectivity index (χ4v) is 3.17. The average Bonchev–Trinajstić information content (AvgIpc) is 3.04. The molecule has 2 aromatic carbocycles. The van der Waals surface area contributed by atoms with Gasteiger partial charge in [-0.05, 0) is 30.2 Å². The highest BCUT2D eigenvalue weighted by Crippen LogP contribution is 2.20. The number of oxime groups is 1. The second kappa shape index (κ2) is 8.48. The Bertz CT molecular complexity index is 701. The smallest absolute Gasteiger partial charge is 0.145 e. The zero-order valence-electron chi connectivity index (χ0n) is 14.3. The molecule has 132 valence electrons. The van der Waals surface area contributed by atoms with Gasteiger partial charge in [0.2, 0.25) is 0 Å². The molecule has 2 aromatic rings. The van der Waals surface area contributed by atoms with Gasteiger partial charge in [-0.3, -0.25) is 4.90 Å². The summed E-state index contributed by atoms with van der Waals surface area (Å²) in [5, 5.41) is 14.8. The van der Waals surface area contributed by atoms with E-state index in [0.29, 0.717) is 11.6 Å². The lowest BCUT2D eigenvalue weighted by atomic mass is 10.0. The molecule has 0 spiro atoms. The van der Waals surface area contributed by atoms with Crippen molar-refractivity contribution in [3.05, 3.63) is 70.7 Å². The lowest BCUT2D eigenvalue weighted by molar-refractivity contribution is 0.0351. The first kappa shape index (κ1) is 17.9. The molecule has 25 heavy (non-hydrogen) atoms. The van der Waals surface area contributed by atoms with Gasteiger partial charge in [-0.25, -0.2) is 0 Å². The quantitative estimate of drug-likeness (QED) is 0.820. The first-order chi connectivity index (χ1) is 12.1. The molecule has 1 N–H and O–H groups in total. The van der Waals surface area contributed by atoms with Crippen LogP contribution in [0.3, 0.4) is 0 Å². The summed E-state index contributed by atoms with van der Waals surface area (Å²) in [4.78, 5) is 7.84. The van der Waals surface area contributed by atoms with E-state index in [4.69, 9.17) is 16.4 Å². The van der Waals surface area contributed by atoms with E-state index < -0.39 is 0 Å². The van der Waals surface area contributed by atoms with Gasteiger partial charge in [0.15, 0.2) is 0 Å². The molecule has 0 saturated carbocycles. The molecule has 0 amide bonds. The third-order valence-electron chi connectivity index (χ3n) is 4.14. The first-order valence-electron chi connectivity index (χ1n) is 8.53. The second-order valence-corrected chi connectivity index (χ2v) is 6.94. The number of aliphatic hydroxyl groups is 1. The molecule has 0 aromatic heterocycles. The Hall–Kier alpha value is -1.88. The molecule has 0 radical (unpaired) electrons. The van der Waals surface area contributed by atoms with Crippen molar-refractivity contribution in [1.29, 1.82) is 0 Å². The van der Waals surface area contributed by atoms with Gasteiger partial charge in [0, 0.05) is 31.1 Å². The third-order valence-corrected chi connectivity index (χ3v) is 4.40. The molecule has 1 aliphatic heterocycles. The van der Waals surface area contributed by atoms with Crippen molar-refractivity contribution in [3.8, 4) is 0 Å². The molecule has 1 aliphatic rings. The molecule has 0 bridgehead atoms. The van der Waals surface area contributed by atoms with Crippen LogP contribution in [0.1, 0.15) is 24.5 Å². The van der Waals surface area contributed by atoms with Crippen molar-refractivity contribution < 1.29 is 9.94 Å². The number of hydrogen-bond donors (Lipinski definition) is 1. The van der Waals surface area contributed by atoms with E-state index in [9.17, 15) is 5.11 Å². The number of nitrogens with zero attached hydrogens (tertiary/aromatic N) is 2. The van der Waals surface area contributed by atoms with Crippen LogP contribution >= 0.6 is 11.6 Å². The zero-order chi connectivity index (χ0) is 17.6. The van der Waals surface area contributed by atoms with Crippen LogP contribution in [0.5, 0.6) is 0 Å². The predicted octanol–water partition coefficient (Wildman–Crippen LogP) is 3.72. The molecular weight excluding hydrogens is 336 g/mol. The lowest BCUT2D eigenvalue weighted by Crippen LogP contribution is -2.37. The van der Waals surface area contributed by atoms with Crippen LogP contribution < -0.4 is 0 Å². The maximum absolute atomic E-state index is 9.81. The van der Waals surface area contributed by atoms with Crippen molar-refractivity contribution in [2.24, 2.45) is 5.16 Å². The van der Waals surface area contributed by atoms with E-state index >= 15 is 0 Å². The lowest BCUT2D eigenvalue weighted by Gasteiger charge is -2.25. The Balaban J connectivity index is 1.60. The number of halogens is 1. The van der Waals surface area contributed by atoms with Crippen LogP contribution in [0.25, 0.3) is 0 Å². The minimum Gasteiger partial charge on any atom is -0.392 e. The Labute approximate surface area is 153 Å². The molecule has 1 heterocycles. The molecular formula is C20H23ClN2O2. The summed E-state index contributed by atoms with van der Waals surface area (Å²) in [6.07, 6.45) is 0.363. The van der Waals surface area contributed by atoms with Gasteiger partial charge in [-0.2, -0.15) is 0 Å². The molecule has 3 rings (SSSR count). The predicted molar refractivity (Wildman–Crippen MR) is 101 cm³/mol. The number of aliphatic hydroxyl groups excluding tert-OH is 1. The van der Waals surface area contributed by atoms with Gasteiger partial charge in [0.25, 0.3) is 0 Å². The van der Waals surface area contributed by atoms with Crippen LogP contribution in [0, 0.1) is 0 Å². The van der Waals surface area contributed by atoms with Gasteiger partial charge >= 0.3 is 0 Å². The van der Waals surface area contributed by atoms with Gasteiger partial charge in [0.05, 0.1) is 11.8 Å². The first-order valence-corrected chi connectivity index (χ1v) is 8.91. The maximum atomic E-state index is 9.81. The van der Waals surface area contributed by atoms with E-state index in [2.05, 4.69) is 22.2 Å². The summed E-state index contributed by atoms with van der Waals surface area (Å²) >= 11 is 5.94. The van der Waals surface area contributed by atoms with Crippen LogP contribution in [-0.2, 0) is 11.4 Å². The summed E-state index contributed by atoms with van der Waals surface area (Å²) < 4.78 is 0. The van der Waals surface area contributed by atoms with Gasteiger partial charge in [-0.15, -0.1) is 0 Å². The highest BCUT2D eigenvalue weighted by molar-refractivity contribution is 6.30. The molecule has 0 fully saturated rings. The summed E-state index contributed by atoms with van der Waals surface area (Å²) in [6, 6.07) is 17.9. The highest BCUT2D eigenvalue weighted by atomic mass is 35.5. The Morgan fingerprint density at radius 1 is 1.20 bits per heavy atom. The molecule has 4 nitrogen and oxygen atoms in total. The standard InChI is InChI=1S/C20H23ClN2O2/c1-15(24)12-23(13-16-5-3-2-4-6-16)14-19-11-20(22-25-19)17-7-9-18(21)10-8-17/h2-10,15,19,24H,11-14H2,1H3/t15-,19+/m0/s1. The highest BCUT2D eigenvalue weighted by Gasteiger charge is 2.25. The van der Waals surface area contributed by atoms with E-state index in [1.807, 2.05) is 49.4 Å². The summed E-state index contributed by atoms with van der Waals surface area (Å²) in [5.41, 5.74) is 3.20. The summed E-state index contributed by atoms with van der Waals surface area (Å²) in [5.74, 6) is 0. The van der Waals surface area contributed by atoms with E-state index in [1.54, 1.807) is 0 Å². The largest absolute Gasteiger partial charge is 0.392 e. The minimum absolute atomic E-state index is 0.00635. The average molecular weight is 359 g/mol. The summed E-state index contributed by atoms with van der Waals surface area (Å²) in [7, 11) is 0. The van der Waals surface area contributed by atoms with E-state index in [1.165, 1.54) is 5.56 Å². The molecule has 5 heteroatoms. The summed E-state index contributed by atoms with van der Waals surface area (Å²) in [6.45, 7) is 3.91. The number of hydrogen-bond acceptors (Lipinski definition) is 4. The van der Waals surface area contributed by atoms with Crippen molar-refractivity contribution in [3.63, 3.8) is 0 Å². The second-order valence-electron chi connectivity index (χ2n) is 6.51. The fourth-order valence-electron chi connectivity index (χ4n) is 3.05. The number of rotatable bonds is 7. The fraction of sp³-hybridized carbons (Fsp3) is 0.350. The van der Waals surface area contributed by atoms with E-state index in [-0.39, 0.29) is 12.2 Å². The van der Waals surface area contributed by atoms with Gasteiger partial charge < -0.3 is 9.94 Å². The maximum Gasteiger partial charge on any atom is 0.145 e. The Kier molecular flexibility index (Phi) is 6.08.